The summed E-state index contributed by atoms with van der Waals surface area (Å²) in [5.41, 5.74) is 2.37. The van der Waals surface area contributed by atoms with Crippen molar-refractivity contribution < 1.29 is 19.2 Å². The van der Waals surface area contributed by atoms with Gasteiger partial charge in [-0.05, 0) is 92.6 Å². The van der Waals surface area contributed by atoms with Crippen molar-refractivity contribution in [3.63, 3.8) is 0 Å². The first-order chi connectivity index (χ1) is 16.3. The SMILES string of the molecule is CCC1(C(=O)O)CCN(Cc2ccc(-c3noc(-c4ccc(OC(C)C)c(I)c4)n3)cc2)CC1. The Morgan fingerprint density at radius 3 is 2.44 bits per heavy atom. The molecule has 0 radical (unpaired) electrons. The fourth-order valence-corrected chi connectivity index (χ4v) is 4.96. The van der Waals surface area contributed by atoms with E-state index in [0.717, 1.165) is 40.1 Å². The molecule has 2 aromatic carbocycles. The number of aliphatic carboxylic acids is 1. The number of likely N-dealkylation sites (tertiary alicyclic amines) is 1. The molecule has 0 amide bonds. The number of hydrogen-bond donors (Lipinski definition) is 1. The molecular formula is C26H30IN3O4. The van der Waals surface area contributed by atoms with Crippen LogP contribution in [0.3, 0.4) is 0 Å². The number of nitrogens with zero attached hydrogens (tertiary/aromatic N) is 3. The molecule has 180 valence electrons. The Hall–Kier alpha value is -2.46. The van der Waals surface area contributed by atoms with E-state index in [9.17, 15) is 9.90 Å². The number of aromatic nitrogens is 2. The van der Waals surface area contributed by atoms with E-state index in [1.165, 1.54) is 5.56 Å². The second-order valence-corrected chi connectivity index (χ2v) is 10.3. The first-order valence-electron chi connectivity index (χ1n) is 11.6. The molecule has 1 aromatic heterocycles. The van der Waals surface area contributed by atoms with Crippen molar-refractivity contribution in [2.75, 3.05) is 13.1 Å². The lowest BCUT2D eigenvalue weighted by molar-refractivity contribution is -0.152. The Kier molecular flexibility index (Phi) is 7.57. The molecule has 0 saturated carbocycles. The van der Waals surface area contributed by atoms with E-state index in [-0.39, 0.29) is 6.10 Å². The summed E-state index contributed by atoms with van der Waals surface area (Å²) in [4.78, 5) is 18.6. The number of carboxylic acids is 1. The first kappa shape index (κ1) is 24.7. The summed E-state index contributed by atoms with van der Waals surface area (Å²) >= 11 is 2.25. The highest BCUT2D eigenvalue weighted by atomic mass is 127. The van der Waals surface area contributed by atoms with Crippen LogP contribution >= 0.6 is 22.6 Å². The molecule has 0 bridgehead atoms. The molecule has 1 saturated heterocycles. The predicted molar refractivity (Wildman–Crippen MR) is 139 cm³/mol. The molecule has 0 unspecified atom stereocenters. The van der Waals surface area contributed by atoms with Crippen molar-refractivity contribution in [2.45, 2.75) is 52.7 Å². The highest BCUT2D eigenvalue weighted by molar-refractivity contribution is 14.1. The monoisotopic (exact) mass is 575 g/mol. The Labute approximate surface area is 213 Å². The van der Waals surface area contributed by atoms with Crippen molar-refractivity contribution in [2.24, 2.45) is 5.41 Å². The van der Waals surface area contributed by atoms with Crippen LogP contribution in [0.2, 0.25) is 0 Å². The lowest BCUT2D eigenvalue weighted by atomic mass is 9.76. The van der Waals surface area contributed by atoms with Crippen LogP contribution in [-0.2, 0) is 11.3 Å². The van der Waals surface area contributed by atoms with Crippen LogP contribution in [0.15, 0.2) is 47.0 Å². The van der Waals surface area contributed by atoms with E-state index in [4.69, 9.17) is 9.26 Å². The van der Waals surface area contributed by atoms with Gasteiger partial charge in [-0.1, -0.05) is 36.3 Å². The molecule has 34 heavy (non-hydrogen) atoms. The second-order valence-electron chi connectivity index (χ2n) is 9.15. The third-order valence-electron chi connectivity index (χ3n) is 6.53. The van der Waals surface area contributed by atoms with Gasteiger partial charge >= 0.3 is 5.97 Å². The van der Waals surface area contributed by atoms with E-state index in [1.54, 1.807) is 0 Å². The number of carboxylic acid groups (broad SMARTS) is 1. The van der Waals surface area contributed by atoms with Gasteiger partial charge in [-0.15, -0.1) is 0 Å². The van der Waals surface area contributed by atoms with Crippen molar-refractivity contribution in [3.05, 3.63) is 51.6 Å². The normalized spacial score (nSPS) is 16.0. The third-order valence-corrected chi connectivity index (χ3v) is 7.37. The fourth-order valence-electron chi connectivity index (χ4n) is 4.32. The van der Waals surface area contributed by atoms with E-state index in [2.05, 4.69) is 49.8 Å². The van der Waals surface area contributed by atoms with Gasteiger partial charge in [0.25, 0.3) is 5.89 Å². The zero-order valence-electron chi connectivity index (χ0n) is 19.8. The molecule has 4 rings (SSSR count). The van der Waals surface area contributed by atoms with E-state index in [0.29, 0.717) is 31.0 Å². The van der Waals surface area contributed by atoms with Crippen molar-refractivity contribution in [3.8, 4) is 28.6 Å². The van der Waals surface area contributed by atoms with E-state index < -0.39 is 11.4 Å². The van der Waals surface area contributed by atoms with Gasteiger partial charge < -0.3 is 14.4 Å². The maximum atomic E-state index is 11.7. The van der Waals surface area contributed by atoms with Crippen molar-refractivity contribution in [1.82, 2.24) is 15.0 Å². The van der Waals surface area contributed by atoms with Gasteiger partial charge in [0.1, 0.15) is 5.75 Å². The minimum absolute atomic E-state index is 0.113. The van der Waals surface area contributed by atoms with E-state index in [1.807, 2.05) is 51.1 Å². The summed E-state index contributed by atoms with van der Waals surface area (Å²) in [6.07, 6.45) is 2.20. The number of benzene rings is 2. The molecule has 0 aliphatic carbocycles. The van der Waals surface area contributed by atoms with Crippen LogP contribution in [0.4, 0.5) is 0 Å². The highest BCUT2D eigenvalue weighted by Gasteiger charge is 2.39. The molecule has 1 N–H and O–H groups in total. The molecule has 0 spiro atoms. The largest absolute Gasteiger partial charge is 0.490 e. The minimum Gasteiger partial charge on any atom is -0.490 e. The molecule has 8 heteroatoms. The van der Waals surface area contributed by atoms with Gasteiger partial charge in [-0.2, -0.15) is 4.98 Å². The van der Waals surface area contributed by atoms with E-state index >= 15 is 0 Å². The second kappa shape index (κ2) is 10.4. The molecule has 1 aliphatic heterocycles. The van der Waals surface area contributed by atoms with Crippen LogP contribution in [0.1, 0.15) is 45.6 Å². The fraction of sp³-hybridized carbons (Fsp3) is 0.423. The predicted octanol–water partition coefficient (Wildman–Crippen LogP) is 5.87. The zero-order valence-corrected chi connectivity index (χ0v) is 21.9. The number of piperidine rings is 1. The molecule has 7 nitrogen and oxygen atoms in total. The molecular weight excluding hydrogens is 545 g/mol. The number of hydrogen-bond acceptors (Lipinski definition) is 6. The first-order valence-corrected chi connectivity index (χ1v) is 12.7. The summed E-state index contributed by atoms with van der Waals surface area (Å²) in [7, 11) is 0. The van der Waals surface area contributed by atoms with Crippen LogP contribution in [0.25, 0.3) is 22.8 Å². The molecule has 3 aromatic rings. The average molecular weight is 575 g/mol. The maximum absolute atomic E-state index is 11.7. The molecule has 0 atom stereocenters. The average Bonchev–Trinajstić information content (AvgIpc) is 3.31. The van der Waals surface area contributed by atoms with Crippen LogP contribution in [0, 0.1) is 8.99 Å². The highest BCUT2D eigenvalue weighted by Crippen LogP contribution is 2.35. The quantitative estimate of drug-likeness (QED) is 0.336. The summed E-state index contributed by atoms with van der Waals surface area (Å²) in [6, 6.07) is 14.0. The Morgan fingerprint density at radius 1 is 1.18 bits per heavy atom. The van der Waals surface area contributed by atoms with Gasteiger partial charge in [0.2, 0.25) is 5.82 Å². The summed E-state index contributed by atoms with van der Waals surface area (Å²) < 4.78 is 12.3. The summed E-state index contributed by atoms with van der Waals surface area (Å²) in [6.45, 7) is 8.39. The third kappa shape index (κ3) is 5.43. The Balaban J connectivity index is 1.40. The number of carbonyl (C=O) groups is 1. The zero-order chi connectivity index (χ0) is 24.3. The van der Waals surface area contributed by atoms with Gasteiger partial charge in [0.15, 0.2) is 0 Å². The van der Waals surface area contributed by atoms with Crippen molar-refractivity contribution >= 4 is 28.6 Å². The lowest BCUT2D eigenvalue weighted by Gasteiger charge is -2.38. The minimum atomic E-state index is -0.659. The lowest BCUT2D eigenvalue weighted by Crippen LogP contribution is -2.43. The van der Waals surface area contributed by atoms with Crippen LogP contribution in [0.5, 0.6) is 5.75 Å². The van der Waals surface area contributed by atoms with Gasteiger partial charge in [0, 0.05) is 17.7 Å². The molecule has 2 heterocycles. The number of halogens is 1. The Morgan fingerprint density at radius 2 is 1.85 bits per heavy atom. The van der Waals surface area contributed by atoms with Gasteiger partial charge in [-0.25, -0.2) is 0 Å². The molecule has 1 fully saturated rings. The Bertz CT molecular complexity index is 1140. The van der Waals surface area contributed by atoms with Crippen LogP contribution in [-0.4, -0.2) is 45.3 Å². The molecule has 1 aliphatic rings. The summed E-state index contributed by atoms with van der Waals surface area (Å²) in [5.74, 6) is 1.20. The van der Waals surface area contributed by atoms with Crippen molar-refractivity contribution in [1.29, 1.82) is 0 Å². The summed E-state index contributed by atoms with van der Waals surface area (Å²) in [5, 5.41) is 13.8. The number of rotatable bonds is 8. The van der Waals surface area contributed by atoms with Gasteiger partial charge in [-0.3, -0.25) is 9.69 Å². The topological polar surface area (TPSA) is 88.7 Å². The standard InChI is InChI=1S/C26H30IN3O4/c1-4-26(25(31)32)11-13-30(14-12-26)16-18-5-7-19(8-6-18)23-28-24(34-29-23)20-9-10-22(21(27)15-20)33-17(2)3/h5-10,15,17H,4,11-14,16H2,1-3H3,(H,31,32). The van der Waals surface area contributed by atoms with Gasteiger partial charge in [0.05, 0.1) is 15.1 Å². The smallest absolute Gasteiger partial charge is 0.309 e. The van der Waals surface area contributed by atoms with Crippen LogP contribution < -0.4 is 4.74 Å². The number of ether oxygens (including phenoxy) is 1. The maximum Gasteiger partial charge on any atom is 0.309 e.